The van der Waals surface area contributed by atoms with Crippen LogP contribution in [0.2, 0.25) is 0 Å². The number of nitrogens with zero attached hydrogens (tertiary/aromatic N) is 2. The SMILES string of the molecule is c1ccc(Oc2ccc(N(c3ccc4c(c3)oc3cc5c(cc34)oc3cc4c(cc35)oc3cc(N(c5ccc(Oc6ccccc6)cc5)c5cccc6c5oc5ccccc56)ccc34)c3cccc4c3oc3ccccc34)cc2)cc1. The molecule has 0 aliphatic heterocycles. The molecule has 81 heavy (non-hydrogen) atoms. The van der Waals surface area contributed by atoms with Crippen LogP contribution in [-0.2, 0) is 0 Å². The number of anilines is 6. The minimum absolute atomic E-state index is 0.733. The molecule has 0 radical (unpaired) electrons. The number of rotatable bonds is 10. The monoisotopic (exact) mass is 1050 g/mol. The molecule has 9 heteroatoms. The summed E-state index contributed by atoms with van der Waals surface area (Å²) in [4.78, 5) is 4.42. The predicted molar refractivity (Wildman–Crippen MR) is 325 cm³/mol. The maximum Gasteiger partial charge on any atom is 0.159 e. The van der Waals surface area contributed by atoms with Crippen molar-refractivity contribution in [1.82, 2.24) is 0 Å². The van der Waals surface area contributed by atoms with Crippen molar-refractivity contribution in [2.45, 2.75) is 0 Å². The van der Waals surface area contributed by atoms with Crippen LogP contribution in [0.15, 0.2) is 277 Å². The average molecular weight is 1050 g/mol. The first-order valence-electron chi connectivity index (χ1n) is 26.8. The van der Waals surface area contributed by atoms with Gasteiger partial charge in [0.25, 0.3) is 0 Å². The second-order valence-corrected chi connectivity index (χ2v) is 20.3. The Bertz CT molecular complexity index is 4970. The zero-order valence-electron chi connectivity index (χ0n) is 43.0. The molecular formula is C72H42N2O7. The van der Waals surface area contributed by atoms with Gasteiger partial charge >= 0.3 is 0 Å². The van der Waals surface area contributed by atoms with Crippen molar-refractivity contribution in [3.63, 3.8) is 0 Å². The highest BCUT2D eigenvalue weighted by molar-refractivity contribution is 6.19. The topological polar surface area (TPSA) is 90.6 Å². The number of furan rings is 5. The number of hydrogen-bond donors (Lipinski definition) is 0. The molecule has 0 fully saturated rings. The molecule has 0 saturated heterocycles. The summed E-state index contributed by atoms with van der Waals surface area (Å²) < 4.78 is 46.1. The Balaban J connectivity index is 0.756. The van der Waals surface area contributed by atoms with Gasteiger partial charge in [0.15, 0.2) is 11.2 Å². The average Bonchev–Trinajstić information content (AvgIpc) is 4.53. The number of ether oxygens (including phenoxy) is 2. The van der Waals surface area contributed by atoms with Crippen molar-refractivity contribution in [2.24, 2.45) is 0 Å². The fourth-order valence-electron chi connectivity index (χ4n) is 11.8. The molecule has 5 heterocycles. The standard InChI is InChI=1S/C72H42N2O7/c1-3-13-47(14-4-1)75-49-31-25-43(26-32-49)73(61-21-11-19-55-51-17-7-9-23-63(51)80-71(55)61)45-29-35-53-57-39-69-59(41-67(57)77-65(53)37-45)60-42-68-58(40-70(60)79-69)54-36-30-46(38-66(54)78-68)74(44-27-33-50(34-28-44)76-48-15-5-2-6-16-48)62-22-12-20-56-52-18-8-10-24-64(52)81-72(56)62/h1-42H. The highest BCUT2D eigenvalue weighted by Crippen LogP contribution is 2.48. The molecular weight excluding hydrogens is 1000 g/mol. The van der Waals surface area contributed by atoms with E-state index < -0.39 is 0 Å². The third-order valence-electron chi connectivity index (χ3n) is 15.5. The normalized spacial score (nSPS) is 12.0. The molecule has 0 unspecified atom stereocenters. The summed E-state index contributed by atoms with van der Waals surface area (Å²) in [6.45, 7) is 0. The van der Waals surface area contributed by atoms with Crippen molar-refractivity contribution in [3.8, 4) is 23.0 Å². The van der Waals surface area contributed by atoms with Gasteiger partial charge in [-0.05, 0) is 146 Å². The van der Waals surface area contributed by atoms with E-state index >= 15 is 0 Å². The first-order valence-corrected chi connectivity index (χ1v) is 26.8. The van der Waals surface area contributed by atoms with Crippen molar-refractivity contribution in [3.05, 3.63) is 255 Å². The molecule has 0 aliphatic rings. The van der Waals surface area contributed by atoms with Crippen LogP contribution in [0.1, 0.15) is 0 Å². The Kier molecular flexibility index (Phi) is 9.81. The summed E-state index contributed by atoms with van der Waals surface area (Å²) >= 11 is 0. The zero-order chi connectivity index (χ0) is 53.1. The van der Waals surface area contributed by atoms with E-state index in [9.17, 15) is 0 Å². The van der Waals surface area contributed by atoms with E-state index in [-0.39, 0.29) is 0 Å². The second kappa shape index (κ2) is 17.7. The lowest BCUT2D eigenvalue weighted by Crippen LogP contribution is -2.10. The summed E-state index contributed by atoms with van der Waals surface area (Å²) in [5.74, 6) is 3.01. The minimum Gasteiger partial charge on any atom is -0.457 e. The smallest absolute Gasteiger partial charge is 0.159 e. The number of hydrogen-bond acceptors (Lipinski definition) is 9. The maximum absolute atomic E-state index is 6.83. The van der Waals surface area contributed by atoms with E-state index in [0.717, 1.165) is 167 Å². The number of fused-ring (bicyclic) bond motifs is 15. The van der Waals surface area contributed by atoms with Crippen LogP contribution in [0.5, 0.6) is 23.0 Å². The van der Waals surface area contributed by atoms with Gasteiger partial charge in [0.2, 0.25) is 0 Å². The molecule has 0 amide bonds. The van der Waals surface area contributed by atoms with Crippen molar-refractivity contribution >= 4 is 144 Å². The fourth-order valence-corrected chi connectivity index (χ4v) is 11.8. The van der Waals surface area contributed by atoms with E-state index in [4.69, 9.17) is 31.6 Å². The molecule has 9 nitrogen and oxygen atoms in total. The van der Waals surface area contributed by atoms with Crippen molar-refractivity contribution < 1.29 is 31.6 Å². The van der Waals surface area contributed by atoms with Gasteiger partial charge in [-0.2, -0.15) is 0 Å². The Labute approximate surface area is 460 Å². The quantitative estimate of drug-likeness (QED) is 0.133. The van der Waals surface area contributed by atoms with E-state index in [1.807, 2.05) is 121 Å². The molecule has 382 valence electrons. The van der Waals surface area contributed by atoms with Gasteiger partial charge in [0.1, 0.15) is 67.7 Å². The van der Waals surface area contributed by atoms with E-state index in [1.165, 1.54) is 0 Å². The Morgan fingerprint density at radius 2 is 0.531 bits per heavy atom. The summed E-state index contributed by atoms with van der Waals surface area (Å²) in [6, 6.07) is 85.9. The lowest BCUT2D eigenvalue weighted by molar-refractivity contribution is 0.482. The molecule has 5 aromatic heterocycles. The van der Waals surface area contributed by atoms with Gasteiger partial charge in [-0.3, -0.25) is 0 Å². The van der Waals surface area contributed by atoms with E-state index in [2.05, 4.69) is 143 Å². The largest absolute Gasteiger partial charge is 0.457 e. The molecule has 17 rings (SSSR count). The molecule has 17 aromatic rings. The summed E-state index contributed by atoms with van der Waals surface area (Å²) in [5.41, 5.74) is 13.2. The van der Waals surface area contributed by atoms with Gasteiger partial charge < -0.3 is 41.4 Å². The molecule has 0 aliphatic carbocycles. The molecule has 0 saturated carbocycles. The van der Waals surface area contributed by atoms with Crippen molar-refractivity contribution in [2.75, 3.05) is 9.80 Å². The minimum atomic E-state index is 0.733. The van der Waals surface area contributed by atoms with Crippen LogP contribution >= 0.6 is 0 Å². The van der Waals surface area contributed by atoms with Crippen molar-refractivity contribution in [1.29, 1.82) is 0 Å². The van der Waals surface area contributed by atoms with Crippen LogP contribution in [-0.4, -0.2) is 0 Å². The lowest BCUT2D eigenvalue weighted by atomic mass is 10.1. The number of benzene rings is 12. The van der Waals surface area contributed by atoms with Gasteiger partial charge in [-0.15, -0.1) is 0 Å². The number of para-hydroxylation sites is 6. The van der Waals surface area contributed by atoms with Crippen LogP contribution < -0.4 is 19.3 Å². The third kappa shape index (κ3) is 7.33. The van der Waals surface area contributed by atoms with E-state index in [1.54, 1.807) is 0 Å². The second-order valence-electron chi connectivity index (χ2n) is 20.3. The van der Waals surface area contributed by atoms with Crippen LogP contribution in [0.4, 0.5) is 34.1 Å². The van der Waals surface area contributed by atoms with Gasteiger partial charge in [-0.1, -0.05) is 97.1 Å². The Morgan fingerprint density at radius 3 is 0.951 bits per heavy atom. The fraction of sp³-hybridized carbons (Fsp3) is 0. The van der Waals surface area contributed by atoms with Crippen LogP contribution in [0.3, 0.4) is 0 Å². The van der Waals surface area contributed by atoms with Crippen LogP contribution in [0, 0.1) is 0 Å². The molecule has 0 N–H and O–H groups in total. The summed E-state index contributed by atoms with van der Waals surface area (Å²) in [6.07, 6.45) is 0. The zero-order valence-corrected chi connectivity index (χ0v) is 43.0. The molecule has 0 spiro atoms. The summed E-state index contributed by atoms with van der Waals surface area (Å²) in [7, 11) is 0. The Morgan fingerprint density at radius 1 is 0.210 bits per heavy atom. The van der Waals surface area contributed by atoms with Gasteiger partial charge in [0.05, 0.1) is 22.7 Å². The van der Waals surface area contributed by atoms with Gasteiger partial charge in [0, 0.05) is 77.4 Å². The maximum atomic E-state index is 6.83. The Hall–Kier alpha value is -11.2. The molecule has 12 aromatic carbocycles. The highest BCUT2D eigenvalue weighted by Gasteiger charge is 2.24. The first-order chi connectivity index (χ1) is 40.1. The first kappa shape index (κ1) is 44.9. The summed E-state index contributed by atoms with van der Waals surface area (Å²) in [5, 5.41) is 9.92. The molecule has 0 bridgehead atoms. The lowest BCUT2D eigenvalue weighted by Gasteiger charge is -2.25. The van der Waals surface area contributed by atoms with Gasteiger partial charge in [-0.25, -0.2) is 0 Å². The highest BCUT2D eigenvalue weighted by atomic mass is 16.5. The molecule has 0 atom stereocenters. The third-order valence-corrected chi connectivity index (χ3v) is 15.5. The van der Waals surface area contributed by atoms with E-state index in [0.29, 0.717) is 0 Å². The van der Waals surface area contributed by atoms with Crippen LogP contribution in [0.25, 0.3) is 110 Å². The predicted octanol–water partition coefficient (Wildman–Crippen LogP) is 21.7.